The molecule has 7 heteroatoms. The third-order valence-corrected chi connectivity index (χ3v) is 5.37. The standard InChI is InChI=1S/C23H31FN4O2/c1-23(2,3)21(17-30-20-9-5-4-8-19(20)24)26-22(29)28-13-11-27(12-14-28)16-18-7-6-10-25-15-18/h4-10,15,21H,11-14,16-17H2,1-3H3,(H,26,29). The Balaban J connectivity index is 1.51. The second-order valence-electron chi connectivity index (χ2n) is 8.73. The molecule has 1 unspecified atom stereocenters. The number of pyridine rings is 1. The number of aromatic nitrogens is 1. The van der Waals surface area contributed by atoms with Gasteiger partial charge in [0.15, 0.2) is 11.6 Å². The number of nitrogens with one attached hydrogen (secondary N) is 1. The van der Waals surface area contributed by atoms with Crippen LogP contribution in [0, 0.1) is 11.2 Å². The Hall–Kier alpha value is -2.67. The molecule has 1 aliphatic heterocycles. The van der Waals surface area contributed by atoms with Gasteiger partial charge >= 0.3 is 6.03 Å². The van der Waals surface area contributed by atoms with E-state index in [1.807, 2.05) is 37.9 Å². The monoisotopic (exact) mass is 414 g/mol. The SMILES string of the molecule is CC(C)(C)C(COc1ccccc1F)NC(=O)N1CCN(Cc2cccnc2)CC1. The number of ether oxygens (including phenoxy) is 1. The minimum atomic E-state index is -0.402. The lowest BCUT2D eigenvalue weighted by Gasteiger charge is -2.37. The second kappa shape index (κ2) is 9.89. The van der Waals surface area contributed by atoms with Gasteiger partial charge in [0.1, 0.15) is 6.61 Å². The fraction of sp³-hybridized carbons (Fsp3) is 0.478. The van der Waals surface area contributed by atoms with Crippen LogP contribution < -0.4 is 10.1 Å². The van der Waals surface area contributed by atoms with Crippen LogP contribution in [0.1, 0.15) is 26.3 Å². The highest BCUT2D eigenvalue weighted by molar-refractivity contribution is 5.74. The molecule has 2 amide bonds. The summed E-state index contributed by atoms with van der Waals surface area (Å²) in [7, 11) is 0. The smallest absolute Gasteiger partial charge is 0.317 e. The van der Waals surface area contributed by atoms with Crippen molar-refractivity contribution < 1.29 is 13.9 Å². The Labute approximate surface area is 178 Å². The minimum Gasteiger partial charge on any atom is -0.488 e. The molecule has 0 bridgehead atoms. The van der Waals surface area contributed by atoms with Crippen LogP contribution in [0.5, 0.6) is 5.75 Å². The first-order valence-corrected chi connectivity index (χ1v) is 10.4. The number of benzene rings is 1. The third kappa shape index (κ3) is 6.16. The van der Waals surface area contributed by atoms with Crippen molar-refractivity contribution in [3.05, 3.63) is 60.2 Å². The molecule has 30 heavy (non-hydrogen) atoms. The van der Waals surface area contributed by atoms with E-state index in [4.69, 9.17) is 4.74 Å². The lowest BCUT2D eigenvalue weighted by Crippen LogP contribution is -2.56. The molecule has 3 rings (SSSR count). The zero-order valence-corrected chi connectivity index (χ0v) is 18.0. The average molecular weight is 415 g/mol. The molecule has 1 aromatic heterocycles. The Morgan fingerprint density at radius 2 is 1.90 bits per heavy atom. The van der Waals surface area contributed by atoms with Crippen molar-refractivity contribution in [3.63, 3.8) is 0 Å². The van der Waals surface area contributed by atoms with Crippen molar-refractivity contribution in [1.29, 1.82) is 0 Å². The van der Waals surface area contributed by atoms with Crippen molar-refractivity contribution in [2.75, 3.05) is 32.8 Å². The zero-order chi connectivity index (χ0) is 21.6. The van der Waals surface area contributed by atoms with Gasteiger partial charge < -0.3 is 15.0 Å². The fourth-order valence-electron chi connectivity index (χ4n) is 3.34. The van der Waals surface area contributed by atoms with Gasteiger partial charge in [-0.3, -0.25) is 9.88 Å². The lowest BCUT2D eigenvalue weighted by molar-refractivity contribution is 0.119. The number of amides is 2. The third-order valence-electron chi connectivity index (χ3n) is 5.37. The van der Waals surface area contributed by atoms with E-state index in [-0.39, 0.29) is 29.8 Å². The van der Waals surface area contributed by atoms with E-state index in [0.717, 1.165) is 19.6 Å². The fourth-order valence-corrected chi connectivity index (χ4v) is 3.34. The summed E-state index contributed by atoms with van der Waals surface area (Å²) in [5.41, 5.74) is 0.941. The molecule has 1 N–H and O–H groups in total. The minimum absolute atomic E-state index is 0.104. The van der Waals surface area contributed by atoms with Crippen molar-refractivity contribution in [1.82, 2.24) is 20.1 Å². The summed E-state index contributed by atoms with van der Waals surface area (Å²) < 4.78 is 19.5. The largest absolute Gasteiger partial charge is 0.488 e. The van der Waals surface area contributed by atoms with Crippen LogP contribution >= 0.6 is 0 Å². The van der Waals surface area contributed by atoms with Crippen molar-refractivity contribution in [2.24, 2.45) is 5.41 Å². The van der Waals surface area contributed by atoms with Gasteiger partial charge in [-0.1, -0.05) is 39.0 Å². The van der Waals surface area contributed by atoms with Crippen LogP contribution in [-0.4, -0.2) is 59.6 Å². The highest BCUT2D eigenvalue weighted by Gasteiger charge is 2.30. The van der Waals surface area contributed by atoms with Gasteiger partial charge in [0, 0.05) is 45.1 Å². The number of hydrogen-bond acceptors (Lipinski definition) is 4. The van der Waals surface area contributed by atoms with Crippen LogP contribution in [0.2, 0.25) is 0 Å². The van der Waals surface area contributed by atoms with E-state index in [1.54, 1.807) is 24.4 Å². The topological polar surface area (TPSA) is 57.7 Å². The molecule has 1 atom stereocenters. The molecular weight excluding hydrogens is 383 g/mol. The number of piperazine rings is 1. The van der Waals surface area contributed by atoms with E-state index in [1.165, 1.54) is 11.6 Å². The molecule has 2 aromatic rings. The van der Waals surface area contributed by atoms with Crippen LogP contribution in [0.25, 0.3) is 0 Å². The van der Waals surface area contributed by atoms with E-state index < -0.39 is 5.82 Å². The van der Waals surface area contributed by atoms with E-state index >= 15 is 0 Å². The number of rotatable bonds is 6. The quantitative estimate of drug-likeness (QED) is 0.786. The highest BCUT2D eigenvalue weighted by atomic mass is 19.1. The predicted octanol–water partition coefficient (Wildman–Crippen LogP) is 3.54. The van der Waals surface area contributed by atoms with E-state index in [0.29, 0.717) is 13.1 Å². The predicted molar refractivity (Wildman–Crippen MR) is 115 cm³/mol. The summed E-state index contributed by atoms with van der Waals surface area (Å²) in [6.45, 7) is 10.1. The number of halogens is 1. The molecule has 1 fully saturated rings. The number of hydrogen-bond donors (Lipinski definition) is 1. The number of nitrogens with zero attached hydrogens (tertiary/aromatic N) is 3. The first kappa shape index (κ1) is 22.0. The molecule has 0 spiro atoms. The van der Waals surface area contributed by atoms with Gasteiger partial charge in [-0.05, 0) is 29.2 Å². The normalized spacial score (nSPS) is 16.2. The number of para-hydroxylation sites is 1. The molecule has 1 saturated heterocycles. The Kier molecular flexibility index (Phi) is 7.26. The molecule has 1 aliphatic rings. The second-order valence-corrected chi connectivity index (χ2v) is 8.73. The van der Waals surface area contributed by atoms with Crippen molar-refractivity contribution in [3.8, 4) is 5.75 Å². The zero-order valence-electron chi connectivity index (χ0n) is 18.0. The van der Waals surface area contributed by atoms with Gasteiger partial charge in [0.2, 0.25) is 0 Å². The highest BCUT2D eigenvalue weighted by Crippen LogP contribution is 2.22. The summed E-state index contributed by atoms with van der Waals surface area (Å²) in [5, 5.41) is 3.09. The molecule has 0 saturated carbocycles. The van der Waals surface area contributed by atoms with Crippen LogP contribution in [0.3, 0.4) is 0 Å². The molecule has 0 aliphatic carbocycles. The molecule has 162 valence electrons. The van der Waals surface area contributed by atoms with Gasteiger partial charge in [-0.2, -0.15) is 0 Å². The van der Waals surface area contributed by atoms with Crippen molar-refractivity contribution >= 4 is 6.03 Å². The molecule has 2 heterocycles. The summed E-state index contributed by atoms with van der Waals surface area (Å²) in [6.07, 6.45) is 3.65. The number of carbonyl (C=O) groups is 1. The molecule has 0 radical (unpaired) electrons. The summed E-state index contributed by atoms with van der Waals surface area (Å²) in [5.74, 6) is -0.203. The van der Waals surface area contributed by atoms with Gasteiger partial charge in [0.05, 0.1) is 6.04 Å². The van der Waals surface area contributed by atoms with Gasteiger partial charge in [-0.15, -0.1) is 0 Å². The average Bonchev–Trinajstić information content (AvgIpc) is 2.72. The van der Waals surface area contributed by atoms with Gasteiger partial charge in [0.25, 0.3) is 0 Å². The lowest BCUT2D eigenvalue weighted by atomic mass is 9.87. The van der Waals surface area contributed by atoms with Crippen LogP contribution in [0.4, 0.5) is 9.18 Å². The first-order valence-electron chi connectivity index (χ1n) is 10.4. The first-order chi connectivity index (χ1) is 14.3. The maximum atomic E-state index is 13.9. The Morgan fingerprint density at radius 1 is 1.17 bits per heavy atom. The number of carbonyl (C=O) groups excluding carboxylic acids is 1. The maximum Gasteiger partial charge on any atom is 0.317 e. The summed E-state index contributed by atoms with van der Waals surface area (Å²) >= 11 is 0. The molecule has 6 nitrogen and oxygen atoms in total. The van der Waals surface area contributed by atoms with Crippen molar-refractivity contribution in [2.45, 2.75) is 33.4 Å². The summed E-state index contributed by atoms with van der Waals surface area (Å²) in [6, 6.07) is 9.97. The molecular formula is C23H31FN4O2. The van der Waals surface area contributed by atoms with E-state index in [9.17, 15) is 9.18 Å². The van der Waals surface area contributed by atoms with Crippen LogP contribution in [0.15, 0.2) is 48.8 Å². The number of urea groups is 1. The molecule has 1 aromatic carbocycles. The Bertz CT molecular complexity index is 817. The van der Waals surface area contributed by atoms with Gasteiger partial charge in [-0.25, -0.2) is 9.18 Å². The van der Waals surface area contributed by atoms with Crippen LogP contribution in [-0.2, 0) is 6.54 Å². The maximum absolute atomic E-state index is 13.9. The Morgan fingerprint density at radius 3 is 2.53 bits per heavy atom. The summed E-state index contributed by atoms with van der Waals surface area (Å²) in [4.78, 5) is 21.2. The van der Waals surface area contributed by atoms with E-state index in [2.05, 4.69) is 21.3 Å².